The molecule has 1 heterocycles. The van der Waals surface area contributed by atoms with E-state index in [2.05, 4.69) is 4.72 Å². The molecule has 7 heteroatoms. The Morgan fingerprint density at radius 2 is 2.00 bits per heavy atom. The Hall–Kier alpha value is -1.83. The molecule has 0 bridgehead atoms. The molecule has 0 aliphatic carbocycles. The van der Waals surface area contributed by atoms with Crippen molar-refractivity contribution in [3.05, 3.63) is 48.4 Å². The summed E-state index contributed by atoms with van der Waals surface area (Å²) in [4.78, 5) is 0.154. The van der Waals surface area contributed by atoms with Gasteiger partial charge < -0.3 is 14.3 Å². The lowest BCUT2D eigenvalue weighted by Gasteiger charge is -2.10. The Labute approximate surface area is 123 Å². The van der Waals surface area contributed by atoms with Gasteiger partial charge >= 0.3 is 0 Å². The van der Waals surface area contributed by atoms with Crippen LogP contribution in [0, 0.1) is 0 Å². The van der Waals surface area contributed by atoms with Crippen molar-refractivity contribution in [2.45, 2.75) is 17.4 Å². The minimum absolute atomic E-state index is 0.126. The summed E-state index contributed by atoms with van der Waals surface area (Å²) >= 11 is 0. The number of methoxy groups -OCH3 is 1. The summed E-state index contributed by atoms with van der Waals surface area (Å²) in [5.74, 6) is 0.587. The predicted molar refractivity (Wildman–Crippen MR) is 76.5 cm³/mol. The number of ether oxygens (including phenoxy) is 1. The number of nitrogens with one attached hydrogen (secondary N) is 1. The number of aliphatic hydroxyl groups excluding tert-OH is 1. The molecule has 0 amide bonds. The second-order valence-corrected chi connectivity index (χ2v) is 6.20. The molecule has 0 aliphatic rings. The molecule has 2 rings (SSSR count). The average molecular weight is 311 g/mol. The molecule has 2 aromatic rings. The van der Waals surface area contributed by atoms with E-state index in [1.807, 2.05) is 0 Å². The maximum absolute atomic E-state index is 12.0. The van der Waals surface area contributed by atoms with Crippen molar-refractivity contribution in [3.63, 3.8) is 0 Å². The summed E-state index contributed by atoms with van der Waals surface area (Å²) in [6, 6.07) is 7.73. The summed E-state index contributed by atoms with van der Waals surface area (Å²) in [5.41, 5.74) is 0.624. The quantitative estimate of drug-likeness (QED) is 0.812. The second kappa shape index (κ2) is 6.75. The smallest absolute Gasteiger partial charge is 0.240 e. The van der Waals surface area contributed by atoms with Crippen molar-refractivity contribution >= 4 is 10.0 Å². The predicted octanol–water partition coefficient (Wildman–Crippen LogP) is 1.69. The van der Waals surface area contributed by atoms with Crippen LogP contribution in [-0.2, 0) is 10.0 Å². The Morgan fingerprint density at radius 1 is 1.29 bits per heavy atom. The number of benzene rings is 1. The molecule has 21 heavy (non-hydrogen) atoms. The van der Waals surface area contributed by atoms with Gasteiger partial charge in [-0.1, -0.05) is 0 Å². The minimum atomic E-state index is -3.59. The number of hydrogen-bond acceptors (Lipinski definition) is 5. The standard InChI is InChI=1S/C14H17NO5S/c1-19-12-2-4-13(5-3-12)21(17,18)15-8-6-14(16)11-7-9-20-10-11/h2-5,7,9-10,14-16H,6,8H2,1H3. The van der Waals surface area contributed by atoms with Gasteiger partial charge in [0.05, 0.1) is 30.6 Å². The van der Waals surface area contributed by atoms with Crippen molar-refractivity contribution in [2.24, 2.45) is 0 Å². The first-order valence-electron chi connectivity index (χ1n) is 6.37. The summed E-state index contributed by atoms with van der Waals surface area (Å²) in [6.07, 6.45) is 2.39. The van der Waals surface area contributed by atoms with Crippen LogP contribution < -0.4 is 9.46 Å². The van der Waals surface area contributed by atoms with Crippen LogP contribution in [-0.4, -0.2) is 27.2 Å². The van der Waals surface area contributed by atoms with Gasteiger partial charge in [0.2, 0.25) is 10.0 Å². The normalized spacial score (nSPS) is 13.0. The molecule has 114 valence electrons. The first-order chi connectivity index (χ1) is 10.0. The van der Waals surface area contributed by atoms with E-state index in [1.54, 1.807) is 18.2 Å². The molecule has 0 aliphatic heterocycles. The van der Waals surface area contributed by atoms with E-state index in [0.717, 1.165) is 0 Å². The number of hydrogen-bond donors (Lipinski definition) is 2. The fraction of sp³-hybridized carbons (Fsp3) is 0.286. The first-order valence-corrected chi connectivity index (χ1v) is 7.85. The van der Waals surface area contributed by atoms with Crippen molar-refractivity contribution in [3.8, 4) is 5.75 Å². The van der Waals surface area contributed by atoms with Crippen molar-refractivity contribution in [2.75, 3.05) is 13.7 Å². The lowest BCUT2D eigenvalue weighted by molar-refractivity contribution is 0.168. The van der Waals surface area contributed by atoms with Gasteiger partial charge in [-0.15, -0.1) is 0 Å². The van der Waals surface area contributed by atoms with Crippen molar-refractivity contribution < 1.29 is 22.7 Å². The maximum atomic E-state index is 12.0. The fourth-order valence-electron chi connectivity index (χ4n) is 1.80. The Bertz CT molecular complexity index is 649. The monoisotopic (exact) mass is 311 g/mol. The maximum Gasteiger partial charge on any atom is 0.240 e. The molecule has 0 radical (unpaired) electrons. The largest absolute Gasteiger partial charge is 0.497 e. The highest BCUT2D eigenvalue weighted by Gasteiger charge is 2.15. The fourth-order valence-corrected chi connectivity index (χ4v) is 2.85. The van der Waals surface area contributed by atoms with E-state index in [0.29, 0.717) is 11.3 Å². The molecule has 0 saturated heterocycles. The molecule has 2 N–H and O–H groups in total. The average Bonchev–Trinajstić information content (AvgIpc) is 3.01. The molecule has 0 spiro atoms. The molecular formula is C14H17NO5S. The third-order valence-electron chi connectivity index (χ3n) is 3.01. The van der Waals surface area contributed by atoms with E-state index < -0.39 is 16.1 Å². The van der Waals surface area contributed by atoms with Gasteiger partial charge in [-0.05, 0) is 36.8 Å². The van der Waals surface area contributed by atoms with E-state index in [1.165, 1.54) is 31.8 Å². The van der Waals surface area contributed by atoms with E-state index in [9.17, 15) is 13.5 Å². The number of sulfonamides is 1. The molecule has 1 aromatic heterocycles. The highest BCUT2D eigenvalue weighted by atomic mass is 32.2. The molecule has 0 saturated carbocycles. The van der Waals surface area contributed by atoms with E-state index in [4.69, 9.17) is 9.15 Å². The summed E-state index contributed by atoms with van der Waals surface area (Å²) < 4.78 is 36.4. The summed E-state index contributed by atoms with van der Waals surface area (Å²) in [7, 11) is -2.08. The van der Waals surface area contributed by atoms with Gasteiger partial charge in [0.25, 0.3) is 0 Å². The van der Waals surface area contributed by atoms with Gasteiger partial charge in [-0.3, -0.25) is 0 Å². The Morgan fingerprint density at radius 3 is 2.57 bits per heavy atom. The third-order valence-corrected chi connectivity index (χ3v) is 4.48. The molecule has 1 aromatic carbocycles. The highest BCUT2D eigenvalue weighted by Crippen LogP contribution is 2.18. The van der Waals surface area contributed by atoms with Gasteiger partial charge in [-0.25, -0.2) is 13.1 Å². The van der Waals surface area contributed by atoms with Crippen LogP contribution in [0.4, 0.5) is 0 Å². The highest BCUT2D eigenvalue weighted by molar-refractivity contribution is 7.89. The second-order valence-electron chi connectivity index (χ2n) is 4.43. The van der Waals surface area contributed by atoms with Crippen LogP contribution in [0.25, 0.3) is 0 Å². The molecule has 0 fully saturated rings. The third kappa shape index (κ3) is 4.07. The van der Waals surface area contributed by atoms with Crippen molar-refractivity contribution in [1.82, 2.24) is 4.72 Å². The minimum Gasteiger partial charge on any atom is -0.497 e. The zero-order valence-corrected chi connectivity index (χ0v) is 12.3. The topological polar surface area (TPSA) is 88.8 Å². The van der Waals surface area contributed by atoms with Gasteiger partial charge in [0.1, 0.15) is 5.75 Å². The van der Waals surface area contributed by atoms with Gasteiger partial charge in [0, 0.05) is 12.1 Å². The zero-order chi connectivity index (χ0) is 15.3. The molecular weight excluding hydrogens is 294 g/mol. The summed E-state index contributed by atoms with van der Waals surface area (Å²) in [5, 5.41) is 9.83. The van der Waals surface area contributed by atoms with Crippen LogP contribution in [0.1, 0.15) is 18.1 Å². The number of rotatable bonds is 7. The van der Waals surface area contributed by atoms with Crippen LogP contribution >= 0.6 is 0 Å². The van der Waals surface area contributed by atoms with Crippen LogP contribution in [0.3, 0.4) is 0 Å². The molecule has 1 atom stereocenters. The van der Waals surface area contributed by atoms with Crippen LogP contribution in [0.5, 0.6) is 5.75 Å². The number of furan rings is 1. The molecule has 1 unspecified atom stereocenters. The first kappa shape index (κ1) is 15.6. The van der Waals surface area contributed by atoms with Crippen molar-refractivity contribution in [1.29, 1.82) is 0 Å². The van der Waals surface area contributed by atoms with E-state index in [-0.39, 0.29) is 17.9 Å². The lowest BCUT2D eigenvalue weighted by atomic mass is 10.1. The summed E-state index contributed by atoms with van der Waals surface area (Å²) in [6.45, 7) is 0.126. The number of aliphatic hydroxyl groups is 1. The lowest BCUT2D eigenvalue weighted by Crippen LogP contribution is -2.25. The van der Waals surface area contributed by atoms with Crippen LogP contribution in [0.2, 0.25) is 0 Å². The van der Waals surface area contributed by atoms with Crippen LogP contribution in [0.15, 0.2) is 52.2 Å². The molecule has 6 nitrogen and oxygen atoms in total. The Kier molecular flexibility index (Phi) is 5.00. The zero-order valence-electron chi connectivity index (χ0n) is 11.5. The van der Waals surface area contributed by atoms with Gasteiger partial charge in [0.15, 0.2) is 0 Å². The Balaban J connectivity index is 1.91. The van der Waals surface area contributed by atoms with E-state index >= 15 is 0 Å². The van der Waals surface area contributed by atoms with Gasteiger partial charge in [-0.2, -0.15) is 0 Å². The SMILES string of the molecule is COc1ccc(S(=O)(=O)NCCC(O)c2ccoc2)cc1.